The predicted molar refractivity (Wildman–Crippen MR) is 75.3 cm³/mol. The average Bonchev–Trinajstić information content (AvgIpc) is 3.12. The summed E-state index contributed by atoms with van der Waals surface area (Å²) in [6.45, 7) is 8.49. The summed E-state index contributed by atoms with van der Waals surface area (Å²) < 4.78 is 0. The van der Waals surface area contributed by atoms with Crippen molar-refractivity contribution in [2.45, 2.75) is 52.0 Å². The van der Waals surface area contributed by atoms with Crippen LogP contribution in [0.5, 0.6) is 0 Å². The number of nitrogens with two attached hydrogens (primary N) is 1. The Balaban J connectivity index is 2.29. The molecule has 0 saturated heterocycles. The summed E-state index contributed by atoms with van der Waals surface area (Å²) in [4.78, 5) is 13.8. The quantitative estimate of drug-likeness (QED) is 0.586. The maximum absolute atomic E-state index is 11.4. The molecule has 0 aromatic heterocycles. The Kier molecular flexibility index (Phi) is 7.28. The molecule has 1 fully saturated rings. The van der Waals surface area contributed by atoms with Crippen molar-refractivity contribution in [3.8, 4) is 0 Å². The van der Waals surface area contributed by atoms with Crippen LogP contribution in [0.1, 0.15) is 46.0 Å². The van der Waals surface area contributed by atoms with Gasteiger partial charge in [0.05, 0.1) is 6.04 Å². The maximum atomic E-state index is 11.4. The molecule has 106 valence electrons. The molecule has 18 heavy (non-hydrogen) atoms. The van der Waals surface area contributed by atoms with Crippen LogP contribution in [0, 0.1) is 5.92 Å². The molecular weight excluding hydrogens is 226 g/mol. The maximum Gasteiger partial charge on any atom is 0.234 e. The van der Waals surface area contributed by atoms with Crippen molar-refractivity contribution in [3.05, 3.63) is 0 Å². The Bertz CT molecular complexity index is 241. The highest BCUT2D eigenvalue weighted by Gasteiger charge is 2.24. The Morgan fingerprint density at radius 2 is 2.06 bits per heavy atom. The van der Waals surface area contributed by atoms with E-state index in [4.69, 9.17) is 5.73 Å². The van der Waals surface area contributed by atoms with E-state index in [1.807, 2.05) is 0 Å². The minimum absolute atomic E-state index is 0.163. The molecular formula is C14H29N3O. The first-order valence-corrected chi connectivity index (χ1v) is 7.42. The van der Waals surface area contributed by atoms with Gasteiger partial charge in [-0.15, -0.1) is 0 Å². The number of primary amides is 1. The third-order valence-corrected chi connectivity index (χ3v) is 3.47. The van der Waals surface area contributed by atoms with E-state index in [9.17, 15) is 4.79 Å². The lowest BCUT2D eigenvalue weighted by Crippen LogP contribution is -2.44. The summed E-state index contributed by atoms with van der Waals surface area (Å²) in [6, 6.07) is -0.163. The number of amides is 1. The van der Waals surface area contributed by atoms with Crippen molar-refractivity contribution in [2.24, 2.45) is 11.7 Å². The van der Waals surface area contributed by atoms with E-state index < -0.39 is 0 Å². The molecule has 0 radical (unpaired) electrons. The van der Waals surface area contributed by atoms with Crippen LogP contribution in [-0.4, -0.2) is 43.0 Å². The van der Waals surface area contributed by atoms with Crippen LogP contribution in [0.4, 0.5) is 0 Å². The summed E-state index contributed by atoms with van der Waals surface area (Å²) in [7, 11) is 0. The van der Waals surface area contributed by atoms with Crippen molar-refractivity contribution >= 4 is 5.91 Å². The number of carbonyl (C=O) groups excluding carboxylic acids is 1. The third-order valence-electron chi connectivity index (χ3n) is 3.47. The Hall–Kier alpha value is -0.610. The molecule has 4 heteroatoms. The fraction of sp³-hybridized carbons (Fsp3) is 0.929. The van der Waals surface area contributed by atoms with Crippen LogP contribution in [0.3, 0.4) is 0 Å². The highest BCUT2D eigenvalue weighted by atomic mass is 16.1. The van der Waals surface area contributed by atoms with Gasteiger partial charge in [0.15, 0.2) is 0 Å². The molecule has 0 heterocycles. The first-order chi connectivity index (χ1) is 8.67. The van der Waals surface area contributed by atoms with Gasteiger partial charge >= 0.3 is 0 Å². The summed E-state index contributed by atoms with van der Waals surface area (Å²) in [5.41, 5.74) is 5.43. The lowest BCUT2D eigenvalue weighted by atomic mass is 10.1. The van der Waals surface area contributed by atoms with E-state index in [-0.39, 0.29) is 11.9 Å². The number of nitrogens with zero attached hydrogens (tertiary/aromatic N) is 1. The van der Waals surface area contributed by atoms with Gasteiger partial charge in [-0.05, 0) is 51.1 Å². The van der Waals surface area contributed by atoms with Crippen LogP contribution in [0.15, 0.2) is 0 Å². The molecule has 1 rings (SSSR count). The van der Waals surface area contributed by atoms with E-state index in [1.54, 1.807) is 0 Å². The van der Waals surface area contributed by atoms with Crippen molar-refractivity contribution in [1.29, 1.82) is 0 Å². The topological polar surface area (TPSA) is 58.4 Å². The van der Waals surface area contributed by atoms with Gasteiger partial charge in [0.2, 0.25) is 5.91 Å². The van der Waals surface area contributed by atoms with Crippen LogP contribution in [-0.2, 0) is 4.79 Å². The molecule has 4 nitrogen and oxygen atoms in total. The second-order valence-corrected chi connectivity index (χ2v) is 5.44. The molecule has 1 aliphatic carbocycles. The second-order valence-electron chi connectivity index (χ2n) is 5.44. The summed E-state index contributed by atoms with van der Waals surface area (Å²) >= 11 is 0. The van der Waals surface area contributed by atoms with Crippen LogP contribution < -0.4 is 11.1 Å². The van der Waals surface area contributed by atoms with Gasteiger partial charge in [-0.25, -0.2) is 0 Å². The van der Waals surface area contributed by atoms with Crippen molar-refractivity contribution in [3.63, 3.8) is 0 Å². The molecule has 1 aliphatic rings. The van der Waals surface area contributed by atoms with Gasteiger partial charge in [0, 0.05) is 13.1 Å². The minimum atomic E-state index is -0.216. The summed E-state index contributed by atoms with van der Waals surface area (Å²) in [5.74, 6) is 0.693. The highest BCUT2D eigenvalue weighted by molar-refractivity contribution is 5.79. The molecule has 0 aromatic rings. The first-order valence-electron chi connectivity index (χ1n) is 7.42. The largest absolute Gasteiger partial charge is 0.368 e. The van der Waals surface area contributed by atoms with Gasteiger partial charge in [0.1, 0.15) is 0 Å². The average molecular weight is 255 g/mol. The molecule has 1 atom stereocenters. The molecule has 0 aromatic carbocycles. The van der Waals surface area contributed by atoms with Gasteiger partial charge < -0.3 is 16.0 Å². The summed E-state index contributed by atoms with van der Waals surface area (Å²) in [5, 5.41) is 3.23. The Morgan fingerprint density at radius 1 is 1.33 bits per heavy atom. The van der Waals surface area contributed by atoms with E-state index in [2.05, 4.69) is 24.1 Å². The standard InChI is InChI=1S/C14H29N3O/c1-3-8-16-13(14(15)18)7-10-17(9-4-2)11-12-5-6-12/h12-13,16H,3-11H2,1-2H3,(H2,15,18). The molecule has 0 bridgehead atoms. The second kappa shape index (κ2) is 8.48. The SMILES string of the molecule is CCCNC(CCN(CCC)CC1CC1)C(N)=O. The smallest absolute Gasteiger partial charge is 0.234 e. The van der Waals surface area contributed by atoms with Gasteiger partial charge in [-0.3, -0.25) is 4.79 Å². The number of rotatable bonds is 11. The molecule has 1 amide bonds. The highest BCUT2D eigenvalue weighted by Crippen LogP contribution is 2.29. The predicted octanol–water partition coefficient (Wildman–Crippen LogP) is 1.35. The molecule has 0 spiro atoms. The van der Waals surface area contributed by atoms with Crippen LogP contribution in [0.25, 0.3) is 0 Å². The zero-order valence-electron chi connectivity index (χ0n) is 12.0. The van der Waals surface area contributed by atoms with Gasteiger partial charge in [-0.1, -0.05) is 13.8 Å². The lowest BCUT2D eigenvalue weighted by Gasteiger charge is -2.24. The number of carbonyl (C=O) groups is 1. The number of hydrogen-bond acceptors (Lipinski definition) is 3. The van der Waals surface area contributed by atoms with Crippen LogP contribution in [0.2, 0.25) is 0 Å². The van der Waals surface area contributed by atoms with E-state index in [0.29, 0.717) is 0 Å². The van der Waals surface area contributed by atoms with Gasteiger partial charge in [-0.2, -0.15) is 0 Å². The van der Waals surface area contributed by atoms with E-state index in [0.717, 1.165) is 38.4 Å². The monoisotopic (exact) mass is 255 g/mol. The van der Waals surface area contributed by atoms with Crippen molar-refractivity contribution in [1.82, 2.24) is 10.2 Å². The zero-order chi connectivity index (χ0) is 13.4. The Labute approximate surface area is 111 Å². The summed E-state index contributed by atoms with van der Waals surface area (Å²) in [6.07, 6.45) is 5.81. The van der Waals surface area contributed by atoms with Gasteiger partial charge in [0.25, 0.3) is 0 Å². The first kappa shape index (κ1) is 15.4. The molecule has 1 unspecified atom stereocenters. The van der Waals surface area contributed by atoms with Crippen LogP contribution >= 0.6 is 0 Å². The molecule has 3 N–H and O–H groups in total. The third kappa shape index (κ3) is 6.36. The van der Waals surface area contributed by atoms with Crippen molar-refractivity contribution < 1.29 is 4.79 Å². The van der Waals surface area contributed by atoms with E-state index in [1.165, 1.54) is 25.8 Å². The Morgan fingerprint density at radius 3 is 2.56 bits per heavy atom. The number of hydrogen-bond donors (Lipinski definition) is 2. The lowest BCUT2D eigenvalue weighted by molar-refractivity contribution is -0.120. The molecule has 1 saturated carbocycles. The number of nitrogens with one attached hydrogen (secondary N) is 1. The minimum Gasteiger partial charge on any atom is -0.368 e. The van der Waals surface area contributed by atoms with Crippen molar-refractivity contribution in [2.75, 3.05) is 26.2 Å². The normalized spacial score (nSPS) is 17.1. The van der Waals surface area contributed by atoms with E-state index >= 15 is 0 Å². The fourth-order valence-corrected chi connectivity index (χ4v) is 2.25. The molecule has 0 aliphatic heterocycles. The fourth-order valence-electron chi connectivity index (χ4n) is 2.25. The zero-order valence-corrected chi connectivity index (χ0v) is 12.0.